The van der Waals surface area contributed by atoms with Crippen molar-refractivity contribution in [2.45, 2.75) is 40.2 Å². The summed E-state index contributed by atoms with van der Waals surface area (Å²) in [7, 11) is 0. The molecular formula is C14H22O2. The standard InChI is InChI=1S/C14H22O2/c1-11(2)5-4-8-16-14-7-6-12(3)9-13(14)10-15/h6-7,9,11,15H,4-5,8,10H2,1-3H3. The number of aryl methyl sites for hydroxylation is 1. The van der Waals surface area contributed by atoms with E-state index < -0.39 is 0 Å². The maximum atomic E-state index is 9.21. The van der Waals surface area contributed by atoms with E-state index in [1.807, 2.05) is 25.1 Å². The molecule has 1 N–H and O–H groups in total. The Labute approximate surface area is 98.3 Å². The van der Waals surface area contributed by atoms with Crippen molar-refractivity contribution in [3.05, 3.63) is 29.3 Å². The lowest BCUT2D eigenvalue weighted by atomic mass is 10.1. The average molecular weight is 222 g/mol. The van der Waals surface area contributed by atoms with E-state index >= 15 is 0 Å². The fourth-order valence-electron chi connectivity index (χ4n) is 1.65. The summed E-state index contributed by atoms with van der Waals surface area (Å²) >= 11 is 0. The molecule has 0 saturated heterocycles. The molecule has 0 amide bonds. The van der Waals surface area contributed by atoms with Gasteiger partial charge in [-0.2, -0.15) is 0 Å². The molecule has 1 aromatic rings. The quantitative estimate of drug-likeness (QED) is 0.748. The van der Waals surface area contributed by atoms with Gasteiger partial charge in [-0.15, -0.1) is 0 Å². The fraction of sp³-hybridized carbons (Fsp3) is 0.571. The van der Waals surface area contributed by atoms with E-state index in [1.165, 1.54) is 6.42 Å². The Morgan fingerprint density at radius 1 is 1.31 bits per heavy atom. The minimum atomic E-state index is 0.0429. The molecule has 0 aliphatic heterocycles. The van der Waals surface area contributed by atoms with Gasteiger partial charge >= 0.3 is 0 Å². The predicted octanol–water partition coefficient (Wildman–Crippen LogP) is 3.30. The minimum Gasteiger partial charge on any atom is -0.493 e. The van der Waals surface area contributed by atoms with E-state index in [4.69, 9.17) is 4.74 Å². The summed E-state index contributed by atoms with van der Waals surface area (Å²) in [5.74, 6) is 1.54. The van der Waals surface area contributed by atoms with Crippen LogP contribution in [0.1, 0.15) is 37.8 Å². The van der Waals surface area contributed by atoms with Crippen LogP contribution in [0, 0.1) is 12.8 Å². The van der Waals surface area contributed by atoms with E-state index in [0.29, 0.717) is 0 Å². The predicted molar refractivity (Wildman–Crippen MR) is 66.7 cm³/mol. The molecule has 2 heteroatoms. The van der Waals surface area contributed by atoms with Crippen molar-refractivity contribution in [1.29, 1.82) is 0 Å². The summed E-state index contributed by atoms with van der Waals surface area (Å²) in [5, 5.41) is 9.21. The first-order chi connectivity index (χ1) is 7.63. The molecule has 0 bridgehead atoms. The van der Waals surface area contributed by atoms with Crippen molar-refractivity contribution in [2.24, 2.45) is 5.92 Å². The number of rotatable bonds is 6. The second kappa shape index (κ2) is 6.54. The molecular weight excluding hydrogens is 200 g/mol. The van der Waals surface area contributed by atoms with Crippen molar-refractivity contribution in [3.63, 3.8) is 0 Å². The van der Waals surface area contributed by atoms with Crippen LogP contribution in [0.25, 0.3) is 0 Å². The van der Waals surface area contributed by atoms with Gasteiger partial charge < -0.3 is 9.84 Å². The van der Waals surface area contributed by atoms with Gasteiger partial charge in [0.05, 0.1) is 13.2 Å². The first-order valence-corrected chi connectivity index (χ1v) is 5.96. The van der Waals surface area contributed by atoms with E-state index in [-0.39, 0.29) is 6.61 Å². The van der Waals surface area contributed by atoms with Crippen molar-refractivity contribution < 1.29 is 9.84 Å². The summed E-state index contributed by atoms with van der Waals surface area (Å²) in [6.45, 7) is 7.22. The highest BCUT2D eigenvalue weighted by Gasteiger charge is 2.03. The van der Waals surface area contributed by atoms with Gasteiger partial charge in [0.1, 0.15) is 5.75 Å². The second-order valence-corrected chi connectivity index (χ2v) is 4.65. The Hall–Kier alpha value is -1.02. The Balaban J connectivity index is 2.47. The molecule has 0 aromatic heterocycles. The van der Waals surface area contributed by atoms with E-state index in [2.05, 4.69) is 13.8 Å². The van der Waals surface area contributed by atoms with Gasteiger partial charge in [-0.05, 0) is 31.7 Å². The zero-order valence-electron chi connectivity index (χ0n) is 10.5. The summed E-state index contributed by atoms with van der Waals surface area (Å²) in [5.41, 5.74) is 2.03. The van der Waals surface area contributed by atoms with Crippen molar-refractivity contribution in [1.82, 2.24) is 0 Å². The summed E-state index contributed by atoms with van der Waals surface area (Å²) in [4.78, 5) is 0. The van der Waals surface area contributed by atoms with Crippen LogP contribution >= 0.6 is 0 Å². The maximum Gasteiger partial charge on any atom is 0.124 e. The number of ether oxygens (including phenoxy) is 1. The van der Waals surface area contributed by atoms with Crippen LogP contribution < -0.4 is 4.74 Å². The molecule has 90 valence electrons. The molecule has 1 aromatic carbocycles. The van der Waals surface area contributed by atoms with E-state index in [1.54, 1.807) is 0 Å². The molecule has 0 heterocycles. The number of aliphatic hydroxyl groups excluding tert-OH is 1. The van der Waals surface area contributed by atoms with E-state index in [0.717, 1.165) is 35.8 Å². The molecule has 0 fully saturated rings. The third-order valence-corrected chi connectivity index (χ3v) is 2.57. The summed E-state index contributed by atoms with van der Waals surface area (Å²) in [6, 6.07) is 5.92. The average Bonchev–Trinajstić information content (AvgIpc) is 2.25. The molecule has 0 aliphatic carbocycles. The molecule has 16 heavy (non-hydrogen) atoms. The summed E-state index contributed by atoms with van der Waals surface area (Å²) in [6.07, 6.45) is 2.25. The largest absolute Gasteiger partial charge is 0.493 e. The number of benzene rings is 1. The van der Waals surface area contributed by atoms with Crippen molar-refractivity contribution >= 4 is 0 Å². The Morgan fingerprint density at radius 3 is 2.69 bits per heavy atom. The molecule has 0 saturated carbocycles. The van der Waals surface area contributed by atoms with Gasteiger partial charge in [0.25, 0.3) is 0 Å². The highest BCUT2D eigenvalue weighted by atomic mass is 16.5. The van der Waals surface area contributed by atoms with Gasteiger partial charge in [-0.25, -0.2) is 0 Å². The third kappa shape index (κ3) is 4.23. The van der Waals surface area contributed by atoms with Gasteiger partial charge in [0.15, 0.2) is 0 Å². The Morgan fingerprint density at radius 2 is 2.06 bits per heavy atom. The lowest BCUT2D eigenvalue weighted by Crippen LogP contribution is -2.02. The minimum absolute atomic E-state index is 0.0429. The van der Waals surface area contributed by atoms with Crippen LogP contribution in [0.2, 0.25) is 0 Å². The van der Waals surface area contributed by atoms with Crippen molar-refractivity contribution in [2.75, 3.05) is 6.61 Å². The number of aliphatic hydroxyl groups is 1. The number of hydrogen-bond acceptors (Lipinski definition) is 2. The van der Waals surface area contributed by atoms with E-state index in [9.17, 15) is 5.11 Å². The molecule has 1 rings (SSSR count). The Bertz CT molecular complexity index is 319. The molecule has 0 unspecified atom stereocenters. The monoisotopic (exact) mass is 222 g/mol. The van der Waals surface area contributed by atoms with Crippen LogP contribution in [0.15, 0.2) is 18.2 Å². The third-order valence-electron chi connectivity index (χ3n) is 2.57. The zero-order chi connectivity index (χ0) is 12.0. The zero-order valence-corrected chi connectivity index (χ0v) is 10.5. The highest BCUT2D eigenvalue weighted by Crippen LogP contribution is 2.20. The second-order valence-electron chi connectivity index (χ2n) is 4.65. The topological polar surface area (TPSA) is 29.5 Å². The van der Waals surface area contributed by atoms with Gasteiger partial charge in [0.2, 0.25) is 0 Å². The SMILES string of the molecule is Cc1ccc(OCCCC(C)C)c(CO)c1. The first-order valence-electron chi connectivity index (χ1n) is 5.96. The molecule has 0 atom stereocenters. The number of hydrogen-bond donors (Lipinski definition) is 1. The lowest BCUT2D eigenvalue weighted by molar-refractivity contribution is 0.258. The van der Waals surface area contributed by atoms with Crippen LogP contribution in [-0.4, -0.2) is 11.7 Å². The fourth-order valence-corrected chi connectivity index (χ4v) is 1.65. The normalized spacial score (nSPS) is 10.8. The first kappa shape index (κ1) is 13.0. The van der Waals surface area contributed by atoms with Crippen LogP contribution in [0.3, 0.4) is 0 Å². The van der Waals surface area contributed by atoms with Gasteiger partial charge in [0, 0.05) is 5.56 Å². The van der Waals surface area contributed by atoms with Gasteiger partial charge in [-0.3, -0.25) is 0 Å². The highest BCUT2D eigenvalue weighted by molar-refractivity contribution is 5.36. The molecule has 0 spiro atoms. The van der Waals surface area contributed by atoms with Crippen LogP contribution in [0.5, 0.6) is 5.75 Å². The summed E-state index contributed by atoms with van der Waals surface area (Å²) < 4.78 is 5.67. The molecule has 2 nitrogen and oxygen atoms in total. The van der Waals surface area contributed by atoms with Crippen LogP contribution in [0.4, 0.5) is 0 Å². The van der Waals surface area contributed by atoms with Gasteiger partial charge in [-0.1, -0.05) is 31.5 Å². The molecule has 0 aliphatic rings. The Kier molecular flexibility index (Phi) is 5.33. The molecule has 0 radical (unpaired) electrons. The van der Waals surface area contributed by atoms with Crippen molar-refractivity contribution in [3.8, 4) is 5.75 Å². The smallest absolute Gasteiger partial charge is 0.124 e. The maximum absolute atomic E-state index is 9.21. The lowest BCUT2D eigenvalue weighted by Gasteiger charge is -2.11. The van der Waals surface area contributed by atoms with Crippen LogP contribution in [-0.2, 0) is 6.61 Å².